The standard InChI is InChI=1S/C7H11N3O2S/c1-13(11,12)7-3-5-9-6(10-7)2-4-8/h3,5H,2,4,8H2,1H3. The summed E-state index contributed by atoms with van der Waals surface area (Å²) in [6.07, 6.45) is 3.03. The highest BCUT2D eigenvalue weighted by molar-refractivity contribution is 7.90. The number of hydrogen-bond donors (Lipinski definition) is 1. The molecule has 0 aliphatic rings. The summed E-state index contributed by atoms with van der Waals surface area (Å²) < 4.78 is 22.1. The van der Waals surface area contributed by atoms with E-state index < -0.39 is 9.84 Å². The normalized spacial score (nSPS) is 11.5. The second-order valence-corrected chi connectivity index (χ2v) is 4.58. The van der Waals surface area contributed by atoms with Crippen molar-refractivity contribution in [3.63, 3.8) is 0 Å². The molecule has 0 atom stereocenters. The summed E-state index contributed by atoms with van der Waals surface area (Å²) in [7, 11) is -3.24. The van der Waals surface area contributed by atoms with E-state index in [1.54, 1.807) is 0 Å². The molecule has 0 amide bonds. The van der Waals surface area contributed by atoms with Crippen molar-refractivity contribution in [3.8, 4) is 0 Å². The van der Waals surface area contributed by atoms with E-state index in [9.17, 15) is 8.42 Å². The van der Waals surface area contributed by atoms with Crippen molar-refractivity contribution in [1.29, 1.82) is 0 Å². The molecule has 5 nitrogen and oxygen atoms in total. The summed E-state index contributed by atoms with van der Waals surface area (Å²) in [4.78, 5) is 7.74. The fourth-order valence-corrected chi connectivity index (χ4v) is 1.42. The molecule has 1 aromatic heterocycles. The number of hydrogen-bond acceptors (Lipinski definition) is 5. The van der Waals surface area contributed by atoms with Gasteiger partial charge in [-0.2, -0.15) is 0 Å². The van der Waals surface area contributed by atoms with Gasteiger partial charge in [-0.3, -0.25) is 0 Å². The Kier molecular flexibility index (Phi) is 2.94. The lowest BCUT2D eigenvalue weighted by molar-refractivity contribution is 0.596. The van der Waals surface area contributed by atoms with Crippen molar-refractivity contribution in [2.75, 3.05) is 12.8 Å². The van der Waals surface area contributed by atoms with Crippen LogP contribution in [0.25, 0.3) is 0 Å². The van der Waals surface area contributed by atoms with Gasteiger partial charge in [0.05, 0.1) is 0 Å². The summed E-state index contributed by atoms with van der Waals surface area (Å²) in [6, 6.07) is 1.37. The van der Waals surface area contributed by atoms with Gasteiger partial charge in [-0.25, -0.2) is 18.4 Å². The highest BCUT2D eigenvalue weighted by atomic mass is 32.2. The maximum absolute atomic E-state index is 11.1. The molecule has 6 heteroatoms. The van der Waals surface area contributed by atoms with Gasteiger partial charge in [-0.15, -0.1) is 0 Å². The average Bonchev–Trinajstić information content (AvgIpc) is 2.04. The molecule has 1 aromatic rings. The molecule has 0 radical (unpaired) electrons. The van der Waals surface area contributed by atoms with Gasteiger partial charge in [0.1, 0.15) is 5.82 Å². The molecule has 72 valence electrons. The monoisotopic (exact) mass is 201 g/mol. The molecular weight excluding hydrogens is 190 g/mol. The Morgan fingerprint density at radius 3 is 2.77 bits per heavy atom. The fourth-order valence-electron chi connectivity index (χ4n) is 0.836. The molecule has 0 saturated carbocycles. The Morgan fingerprint density at radius 1 is 1.54 bits per heavy atom. The highest BCUT2D eigenvalue weighted by Gasteiger charge is 2.09. The number of aromatic nitrogens is 2. The maximum atomic E-state index is 11.1. The van der Waals surface area contributed by atoms with Gasteiger partial charge in [0.2, 0.25) is 0 Å². The van der Waals surface area contributed by atoms with Gasteiger partial charge < -0.3 is 5.73 Å². The molecule has 0 fully saturated rings. The minimum absolute atomic E-state index is 0.0472. The lowest BCUT2D eigenvalue weighted by Crippen LogP contribution is -2.09. The average molecular weight is 201 g/mol. The summed E-state index contributed by atoms with van der Waals surface area (Å²) in [5, 5.41) is 0.0472. The van der Waals surface area contributed by atoms with Crippen molar-refractivity contribution in [3.05, 3.63) is 18.1 Å². The van der Waals surface area contributed by atoms with E-state index in [-0.39, 0.29) is 5.03 Å². The van der Waals surface area contributed by atoms with Crippen molar-refractivity contribution in [1.82, 2.24) is 9.97 Å². The summed E-state index contributed by atoms with van der Waals surface area (Å²) >= 11 is 0. The van der Waals surface area contributed by atoms with E-state index in [1.807, 2.05) is 0 Å². The molecule has 0 saturated heterocycles. The minimum Gasteiger partial charge on any atom is -0.330 e. The SMILES string of the molecule is CS(=O)(=O)c1ccnc(CCN)n1. The molecule has 1 rings (SSSR count). The van der Waals surface area contributed by atoms with Crippen molar-refractivity contribution >= 4 is 9.84 Å². The fraction of sp³-hybridized carbons (Fsp3) is 0.429. The molecule has 0 aliphatic carbocycles. The van der Waals surface area contributed by atoms with Crippen molar-refractivity contribution < 1.29 is 8.42 Å². The molecule has 13 heavy (non-hydrogen) atoms. The zero-order valence-corrected chi connectivity index (χ0v) is 8.08. The van der Waals surface area contributed by atoms with Crippen LogP contribution in [-0.2, 0) is 16.3 Å². The van der Waals surface area contributed by atoms with Gasteiger partial charge in [0.25, 0.3) is 0 Å². The van der Waals surface area contributed by atoms with Crippen LogP contribution in [0.1, 0.15) is 5.82 Å². The second kappa shape index (κ2) is 3.80. The van der Waals surface area contributed by atoms with Crippen LogP contribution in [-0.4, -0.2) is 31.2 Å². The van der Waals surface area contributed by atoms with Gasteiger partial charge in [0, 0.05) is 18.9 Å². The largest absolute Gasteiger partial charge is 0.330 e. The zero-order chi connectivity index (χ0) is 9.90. The topological polar surface area (TPSA) is 85.9 Å². The molecule has 0 aliphatic heterocycles. The van der Waals surface area contributed by atoms with Gasteiger partial charge in [0.15, 0.2) is 14.9 Å². The van der Waals surface area contributed by atoms with E-state index in [0.29, 0.717) is 18.8 Å². The Bertz CT molecular complexity index is 388. The smallest absolute Gasteiger partial charge is 0.192 e. The van der Waals surface area contributed by atoms with Crippen molar-refractivity contribution in [2.45, 2.75) is 11.4 Å². The first-order valence-electron chi connectivity index (χ1n) is 3.76. The predicted molar refractivity (Wildman–Crippen MR) is 47.9 cm³/mol. The quantitative estimate of drug-likeness (QED) is 0.659. The minimum atomic E-state index is -3.24. The third kappa shape index (κ3) is 2.74. The van der Waals surface area contributed by atoms with Crippen LogP contribution >= 0.6 is 0 Å². The summed E-state index contributed by atoms with van der Waals surface area (Å²) in [6.45, 7) is 0.410. The first kappa shape index (κ1) is 10.1. The third-order valence-electron chi connectivity index (χ3n) is 1.43. The van der Waals surface area contributed by atoms with Crippen molar-refractivity contribution in [2.24, 2.45) is 5.73 Å². The second-order valence-electron chi connectivity index (χ2n) is 2.62. The number of nitrogens with zero attached hydrogens (tertiary/aromatic N) is 2. The van der Waals surface area contributed by atoms with E-state index >= 15 is 0 Å². The molecule has 0 bridgehead atoms. The van der Waals surface area contributed by atoms with Crippen LogP contribution < -0.4 is 5.73 Å². The lowest BCUT2D eigenvalue weighted by Gasteiger charge is -1.99. The Labute approximate surface area is 76.9 Å². The number of nitrogens with two attached hydrogens (primary N) is 1. The van der Waals surface area contributed by atoms with Crippen LogP contribution in [0.5, 0.6) is 0 Å². The van der Waals surface area contributed by atoms with E-state index in [1.165, 1.54) is 12.3 Å². The Balaban J connectivity index is 3.06. The van der Waals surface area contributed by atoms with Crippen LogP contribution in [0.2, 0.25) is 0 Å². The van der Waals surface area contributed by atoms with Crippen LogP contribution in [0.15, 0.2) is 17.3 Å². The van der Waals surface area contributed by atoms with Gasteiger partial charge >= 0.3 is 0 Å². The number of sulfone groups is 1. The van der Waals surface area contributed by atoms with E-state index in [0.717, 1.165) is 6.26 Å². The van der Waals surface area contributed by atoms with Crippen LogP contribution in [0, 0.1) is 0 Å². The molecule has 0 unspecified atom stereocenters. The molecule has 1 heterocycles. The number of rotatable bonds is 3. The highest BCUT2D eigenvalue weighted by Crippen LogP contribution is 2.03. The molecule has 0 aromatic carbocycles. The van der Waals surface area contributed by atoms with E-state index in [4.69, 9.17) is 5.73 Å². The molecular formula is C7H11N3O2S. The molecule has 2 N–H and O–H groups in total. The zero-order valence-electron chi connectivity index (χ0n) is 7.27. The Morgan fingerprint density at radius 2 is 2.23 bits per heavy atom. The van der Waals surface area contributed by atoms with Gasteiger partial charge in [-0.1, -0.05) is 0 Å². The summed E-state index contributed by atoms with van der Waals surface area (Å²) in [5.41, 5.74) is 5.29. The molecule has 0 spiro atoms. The Hall–Kier alpha value is -1.01. The first-order chi connectivity index (χ1) is 6.04. The lowest BCUT2D eigenvalue weighted by atomic mass is 10.4. The maximum Gasteiger partial charge on any atom is 0.192 e. The first-order valence-corrected chi connectivity index (χ1v) is 5.65. The van der Waals surface area contributed by atoms with Crippen LogP contribution in [0.4, 0.5) is 0 Å². The predicted octanol–water partition coefficient (Wildman–Crippen LogP) is -0.619. The summed E-state index contributed by atoms with van der Waals surface area (Å²) in [5.74, 6) is 0.463. The van der Waals surface area contributed by atoms with E-state index in [2.05, 4.69) is 9.97 Å². The van der Waals surface area contributed by atoms with Crippen LogP contribution in [0.3, 0.4) is 0 Å². The third-order valence-corrected chi connectivity index (χ3v) is 2.41. The van der Waals surface area contributed by atoms with Gasteiger partial charge in [-0.05, 0) is 12.6 Å².